The van der Waals surface area contributed by atoms with Crippen LogP contribution in [-0.4, -0.2) is 24.4 Å². The van der Waals surface area contributed by atoms with Gasteiger partial charge in [0, 0.05) is 0 Å². The smallest absolute Gasteiger partial charge is 0.394 e. The summed E-state index contributed by atoms with van der Waals surface area (Å²) >= 11 is 5.50. The van der Waals surface area contributed by atoms with Crippen LogP contribution >= 0.6 is 11.6 Å². The largest absolute Gasteiger partial charge is 0.401 e. The number of hydrogen-bond acceptors (Lipinski definition) is 2. The number of hydrogen-bond donors (Lipinski definition) is 2. The lowest BCUT2D eigenvalue weighted by Crippen LogP contribution is -2.33. The van der Waals surface area contributed by atoms with Crippen LogP contribution < -0.4 is 5.32 Å². The third-order valence-electron chi connectivity index (χ3n) is 2.08. The van der Waals surface area contributed by atoms with Crippen LogP contribution in [0, 0.1) is 5.82 Å². The number of halogens is 5. The van der Waals surface area contributed by atoms with Gasteiger partial charge in [0.25, 0.3) is 0 Å². The molecule has 0 aliphatic carbocycles. The summed E-state index contributed by atoms with van der Waals surface area (Å²) in [5, 5.41) is 10.9. The van der Waals surface area contributed by atoms with Crippen molar-refractivity contribution in [1.82, 2.24) is 5.32 Å². The summed E-state index contributed by atoms with van der Waals surface area (Å²) in [7, 11) is 0. The molecule has 0 spiro atoms. The monoisotopic (exact) mass is 271 g/mol. The first kappa shape index (κ1) is 14.2. The van der Waals surface area contributed by atoms with Gasteiger partial charge in [0.15, 0.2) is 0 Å². The molecule has 1 unspecified atom stereocenters. The number of alkyl halides is 3. The third-order valence-corrected chi connectivity index (χ3v) is 2.37. The van der Waals surface area contributed by atoms with Crippen molar-refractivity contribution in [3.05, 3.63) is 34.6 Å². The first-order chi connectivity index (χ1) is 7.83. The van der Waals surface area contributed by atoms with Gasteiger partial charge >= 0.3 is 6.18 Å². The van der Waals surface area contributed by atoms with Gasteiger partial charge in [-0.3, -0.25) is 5.32 Å². The number of aliphatic hydroxyl groups is 1. The van der Waals surface area contributed by atoms with Crippen LogP contribution in [-0.2, 0) is 0 Å². The van der Waals surface area contributed by atoms with Crippen molar-refractivity contribution in [1.29, 1.82) is 0 Å². The van der Waals surface area contributed by atoms with Gasteiger partial charge in [-0.05, 0) is 17.7 Å². The fourth-order valence-corrected chi connectivity index (χ4v) is 1.44. The molecule has 1 atom stereocenters. The minimum atomic E-state index is -4.38. The second-order valence-corrected chi connectivity index (χ2v) is 3.81. The van der Waals surface area contributed by atoms with E-state index in [0.29, 0.717) is 5.56 Å². The highest BCUT2D eigenvalue weighted by Crippen LogP contribution is 2.22. The van der Waals surface area contributed by atoms with Crippen molar-refractivity contribution in [2.24, 2.45) is 0 Å². The first-order valence-corrected chi connectivity index (χ1v) is 5.07. The Labute approximate surface area is 100 Å². The third kappa shape index (κ3) is 4.49. The highest BCUT2D eigenvalue weighted by Gasteiger charge is 2.28. The molecule has 17 heavy (non-hydrogen) atoms. The van der Waals surface area contributed by atoms with Gasteiger partial charge in [-0.25, -0.2) is 4.39 Å². The van der Waals surface area contributed by atoms with Crippen molar-refractivity contribution >= 4 is 11.6 Å². The summed E-state index contributed by atoms with van der Waals surface area (Å²) in [6.07, 6.45) is -4.38. The Hall–Kier alpha value is -0.850. The van der Waals surface area contributed by atoms with Gasteiger partial charge < -0.3 is 5.11 Å². The molecule has 0 aromatic heterocycles. The molecule has 0 bridgehead atoms. The van der Waals surface area contributed by atoms with Crippen LogP contribution in [0.4, 0.5) is 17.6 Å². The van der Waals surface area contributed by atoms with E-state index >= 15 is 0 Å². The summed E-state index contributed by atoms with van der Waals surface area (Å²) < 4.78 is 48.8. The fourth-order valence-electron chi connectivity index (χ4n) is 1.26. The zero-order chi connectivity index (χ0) is 13.1. The Morgan fingerprint density at radius 2 is 2.00 bits per heavy atom. The highest BCUT2D eigenvalue weighted by atomic mass is 35.5. The number of rotatable bonds is 4. The van der Waals surface area contributed by atoms with Gasteiger partial charge in [-0.2, -0.15) is 13.2 Å². The Kier molecular flexibility index (Phi) is 4.73. The van der Waals surface area contributed by atoms with E-state index in [1.807, 2.05) is 0 Å². The van der Waals surface area contributed by atoms with E-state index < -0.39 is 31.2 Å². The molecule has 0 saturated heterocycles. The van der Waals surface area contributed by atoms with Crippen LogP contribution in [0.5, 0.6) is 0 Å². The Morgan fingerprint density at radius 3 is 2.47 bits per heavy atom. The van der Waals surface area contributed by atoms with Crippen LogP contribution in [0.1, 0.15) is 11.6 Å². The van der Waals surface area contributed by atoms with Gasteiger partial charge in [0.1, 0.15) is 5.82 Å². The maximum absolute atomic E-state index is 12.8. The molecule has 0 aliphatic heterocycles. The lowest BCUT2D eigenvalue weighted by molar-refractivity contribution is -0.126. The topological polar surface area (TPSA) is 32.3 Å². The highest BCUT2D eigenvalue weighted by molar-refractivity contribution is 6.30. The summed E-state index contributed by atoms with van der Waals surface area (Å²) in [6.45, 7) is -1.79. The van der Waals surface area contributed by atoms with Crippen LogP contribution in [0.3, 0.4) is 0 Å². The van der Waals surface area contributed by atoms with Gasteiger partial charge in [-0.1, -0.05) is 17.7 Å². The van der Waals surface area contributed by atoms with Crippen LogP contribution in [0.15, 0.2) is 18.2 Å². The molecule has 96 valence electrons. The Bertz CT molecular complexity index is 383. The van der Waals surface area contributed by atoms with Gasteiger partial charge in [0.2, 0.25) is 0 Å². The van der Waals surface area contributed by atoms with E-state index in [9.17, 15) is 17.6 Å². The van der Waals surface area contributed by atoms with Crippen LogP contribution in [0.25, 0.3) is 0 Å². The minimum absolute atomic E-state index is 0.199. The van der Waals surface area contributed by atoms with Gasteiger partial charge in [0.05, 0.1) is 24.2 Å². The minimum Gasteiger partial charge on any atom is -0.394 e. The molecule has 0 radical (unpaired) electrons. The molecule has 2 N–H and O–H groups in total. The molecule has 0 amide bonds. The number of nitrogens with one attached hydrogen (secondary N) is 1. The zero-order valence-corrected chi connectivity index (χ0v) is 9.32. The van der Waals surface area contributed by atoms with Crippen molar-refractivity contribution < 1.29 is 22.7 Å². The normalized spacial score (nSPS) is 13.8. The quantitative estimate of drug-likeness (QED) is 0.825. The standard InChI is InChI=1S/C10H10ClF4NO/c11-7-3-6(1-2-8(7)12)9(4-17)16-5-10(13,14)15/h1-3,9,16-17H,4-5H2. The van der Waals surface area contributed by atoms with Crippen molar-refractivity contribution in [3.63, 3.8) is 0 Å². The molecule has 0 saturated carbocycles. The lowest BCUT2D eigenvalue weighted by Gasteiger charge is -2.18. The van der Waals surface area contributed by atoms with Crippen molar-refractivity contribution in [3.8, 4) is 0 Å². The van der Waals surface area contributed by atoms with E-state index in [-0.39, 0.29) is 5.02 Å². The van der Waals surface area contributed by atoms with E-state index in [1.165, 1.54) is 12.1 Å². The maximum Gasteiger partial charge on any atom is 0.401 e. The zero-order valence-electron chi connectivity index (χ0n) is 8.56. The molecule has 0 heterocycles. The predicted molar refractivity (Wildman–Crippen MR) is 55.3 cm³/mol. The Balaban J connectivity index is 2.76. The van der Waals surface area contributed by atoms with E-state index in [2.05, 4.69) is 5.32 Å². The molecule has 7 heteroatoms. The molecule has 1 aromatic rings. The van der Waals surface area contributed by atoms with E-state index in [0.717, 1.165) is 6.07 Å². The second kappa shape index (κ2) is 5.66. The van der Waals surface area contributed by atoms with Crippen molar-refractivity contribution in [2.75, 3.05) is 13.2 Å². The molecular formula is C10H10ClF4NO. The molecule has 1 rings (SSSR count). The maximum atomic E-state index is 12.8. The van der Waals surface area contributed by atoms with Gasteiger partial charge in [-0.15, -0.1) is 0 Å². The second-order valence-electron chi connectivity index (χ2n) is 3.40. The fraction of sp³-hybridized carbons (Fsp3) is 0.400. The summed E-state index contributed by atoms with van der Waals surface area (Å²) in [4.78, 5) is 0. The molecular weight excluding hydrogens is 262 g/mol. The van der Waals surface area contributed by atoms with E-state index in [4.69, 9.17) is 16.7 Å². The molecule has 2 nitrogen and oxygen atoms in total. The SMILES string of the molecule is OCC(NCC(F)(F)F)c1ccc(F)c(Cl)c1. The Morgan fingerprint density at radius 1 is 1.35 bits per heavy atom. The van der Waals surface area contributed by atoms with Crippen molar-refractivity contribution in [2.45, 2.75) is 12.2 Å². The molecule has 0 aliphatic rings. The summed E-state index contributed by atoms with van der Waals surface area (Å²) in [6, 6.07) is 2.55. The summed E-state index contributed by atoms with van der Waals surface area (Å²) in [5.74, 6) is -0.664. The van der Waals surface area contributed by atoms with Crippen LogP contribution in [0.2, 0.25) is 5.02 Å². The number of benzene rings is 1. The summed E-state index contributed by atoms with van der Waals surface area (Å²) in [5.41, 5.74) is 0.295. The molecule has 0 fully saturated rings. The number of aliphatic hydroxyl groups excluding tert-OH is 1. The van der Waals surface area contributed by atoms with E-state index in [1.54, 1.807) is 0 Å². The first-order valence-electron chi connectivity index (χ1n) is 4.69. The predicted octanol–water partition coefficient (Wildman–Crippen LogP) is 2.66. The average Bonchev–Trinajstić information content (AvgIpc) is 2.22. The lowest BCUT2D eigenvalue weighted by atomic mass is 10.1. The molecule has 1 aromatic carbocycles. The average molecular weight is 272 g/mol.